The number of amides is 1. The van der Waals surface area contributed by atoms with Crippen molar-refractivity contribution in [3.05, 3.63) is 45.7 Å². The zero-order valence-electron chi connectivity index (χ0n) is 13.1. The van der Waals surface area contributed by atoms with Crippen molar-refractivity contribution in [2.24, 2.45) is 0 Å². The first-order valence-electron chi connectivity index (χ1n) is 7.80. The lowest BCUT2D eigenvalue weighted by atomic mass is 10.1. The minimum atomic E-state index is -0.175. The molecular formula is C16H20BrN5O. The van der Waals surface area contributed by atoms with Crippen LogP contribution in [0.5, 0.6) is 0 Å². The van der Waals surface area contributed by atoms with E-state index >= 15 is 0 Å². The van der Waals surface area contributed by atoms with Gasteiger partial charge in [-0.1, -0.05) is 33.3 Å². The van der Waals surface area contributed by atoms with Gasteiger partial charge in [0, 0.05) is 11.0 Å². The Kier molecular flexibility index (Phi) is 5.07. The number of carbonyl (C=O) groups excluding carboxylic acids is 1. The summed E-state index contributed by atoms with van der Waals surface area (Å²) < 4.78 is 2.92. The van der Waals surface area contributed by atoms with Crippen molar-refractivity contribution in [1.29, 1.82) is 0 Å². The van der Waals surface area contributed by atoms with Gasteiger partial charge in [0.15, 0.2) is 5.69 Å². The molecule has 2 N–H and O–H groups in total. The molecule has 1 aromatic carbocycles. The van der Waals surface area contributed by atoms with Crippen LogP contribution >= 0.6 is 15.9 Å². The van der Waals surface area contributed by atoms with Crippen molar-refractivity contribution >= 4 is 21.8 Å². The molecule has 0 bridgehead atoms. The average Bonchev–Trinajstić information content (AvgIpc) is 2.96. The Morgan fingerprint density at radius 3 is 2.74 bits per heavy atom. The van der Waals surface area contributed by atoms with E-state index in [1.807, 2.05) is 35.9 Å². The summed E-state index contributed by atoms with van der Waals surface area (Å²) in [4.78, 5) is 12.4. The highest BCUT2D eigenvalue weighted by molar-refractivity contribution is 9.10. The predicted octanol–water partition coefficient (Wildman–Crippen LogP) is 2.20. The molecule has 122 valence electrons. The van der Waals surface area contributed by atoms with Gasteiger partial charge in [0.05, 0.1) is 11.7 Å². The van der Waals surface area contributed by atoms with Crippen LogP contribution in [0.25, 0.3) is 0 Å². The molecule has 23 heavy (non-hydrogen) atoms. The van der Waals surface area contributed by atoms with Gasteiger partial charge in [0.25, 0.3) is 5.91 Å². The maximum absolute atomic E-state index is 12.4. The first-order chi connectivity index (χ1) is 11.1. The number of hydrogen-bond acceptors (Lipinski definition) is 4. The molecule has 0 spiro atoms. The molecule has 1 aliphatic rings. The van der Waals surface area contributed by atoms with Crippen LogP contribution < -0.4 is 10.6 Å². The fourth-order valence-corrected chi connectivity index (χ4v) is 3.08. The van der Waals surface area contributed by atoms with Crippen LogP contribution in [0.4, 0.5) is 0 Å². The van der Waals surface area contributed by atoms with Crippen molar-refractivity contribution in [1.82, 2.24) is 25.6 Å². The Labute approximate surface area is 143 Å². The second-order valence-corrected chi connectivity index (χ2v) is 6.67. The molecule has 1 saturated heterocycles. The first-order valence-corrected chi connectivity index (χ1v) is 8.59. The molecule has 1 amide bonds. The zero-order valence-corrected chi connectivity index (χ0v) is 14.6. The fourth-order valence-electron chi connectivity index (χ4n) is 2.82. The molecule has 0 aliphatic carbocycles. The molecule has 1 aromatic heterocycles. The summed E-state index contributed by atoms with van der Waals surface area (Å²) in [5.41, 5.74) is 2.30. The van der Waals surface area contributed by atoms with E-state index in [1.165, 1.54) is 0 Å². The van der Waals surface area contributed by atoms with E-state index in [1.54, 1.807) is 0 Å². The quantitative estimate of drug-likeness (QED) is 0.856. The summed E-state index contributed by atoms with van der Waals surface area (Å²) in [6.07, 6.45) is 2.04. The van der Waals surface area contributed by atoms with Gasteiger partial charge in [-0.2, -0.15) is 0 Å². The molecule has 0 radical (unpaired) electrons. The molecule has 0 atom stereocenters. The summed E-state index contributed by atoms with van der Waals surface area (Å²) in [5, 5.41) is 14.5. The number of nitrogens with zero attached hydrogens (tertiary/aromatic N) is 3. The fraction of sp³-hybridized carbons (Fsp3) is 0.438. The summed E-state index contributed by atoms with van der Waals surface area (Å²) in [6, 6.07) is 8.20. The third-order valence-corrected chi connectivity index (χ3v) is 4.69. The number of benzene rings is 1. The first kappa shape index (κ1) is 16.1. The van der Waals surface area contributed by atoms with Crippen LogP contribution in [0, 0.1) is 6.92 Å². The van der Waals surface area contributed by atoms with Crippen LogP contribution in [-0.2, 0) is 6.54 Å². The van der Waals surface area contributed by atoms with Crippen LogP contribution in [0.2, 0.25) is 0 Å². The van der Waals surface area contributed by atoms with Crippen molar-refractivity contribution in [2.75, 3.05) is 13.1 Å². The highest BCUT2D eigenvalue weighted by atomic mass is 79.9. The van der Waals surface area contributed by atoms with Gasteiger partial charge < -0.3 is 10.6 Å². The Balaban J connectivity index is 1.65. The van der Waals surface area contributed by atoms with Crippen molar-refractivity contribution in [2.45, 2.75) is 32.4 Å². The number of halogens is 1. The second-order valence-electron chi connectivity index (χ2n) is 5.76. The number of nitrogens with one attached hydrogen (secondary N) is 2. The highest BCUT2D eigenvalue weighted by Crippen LogP contribution is 2.20. The lowest BCUT2D eigenvalue weighted by molar-refractivity contribution is 0.0945. The summed E-state index contributed by atoms with van der Waals surface area (Å²) in [5.74, 6) is -0.175. The molecule has 3 rings (SSSR count). The minimum absolute atomic E-state index is 0.175. The van der Waals surface area contributed by atoms with E-state index in [-0.39, 0.29) is 5.91 Å². The Morgan fingerprint density at radius 2 is 2.04 bits per heavy atom. The Morgan fingerprint density at radius 1 is 1.35 bits per heavy atom. The van der Waals surface area contributed by atoms with Gasteiger partial charge >= 0.3 is 0 Å². The third-order valence-electron chi connectivity index (χ3n) is 4.16. The Bertz CT molecular complexity index is 676. The topological polar surface area (TPSA) is 71.8 Å². The van der Waals surface area contributed by atoms with Crippen LogP contribution in [0.1, 0.15) is 40.6 Å². The van der Waals surface area contributed by atoms with E-state index in [4.69, 9.17) is 0 Å². The zero-order chi connectivity index (χ0) is 16.2. The van der Waals surface area contributed by atoms with E-state index in [0.717, 1.165) is 41.7 Å². The average molecular weight is 378 g/mol. The normalized spacial score (nSPS) is 15.6. The molecule has 1 aliphatic heterocycles. The van der Waals surface area contributed by atoms with E-state index in [0.29, 0.717) is 18.3 Å². The maximum Gasteiger partial charge on any atom is 0.274 e. The van der Waals surface area contributed by atoms with E-state index < -0.39 is 0 Å². The number of carbonyl (C=O) groups is 1. The van der Waals surface area contributed by atoms with Gasteiger partial charge in [-0.15, -0.1) is 5.10 Å². The second kappa shape index (κ2) is 7.23. The van der Waals surface area contributed by atoms with E-state index in [2.05, 4.69) is 36.9 Å². The van der Waals surface area contributed by atoms with Crippen molar-refractivity contribution in [3.8, 4) is 0 Å². The monoisotopic (exact) mass is 377 g/mol. The van der Waals surface area contributed by atoms with Crippen LogP contribution in [-0.4, -0.2) is 34.0 Å². The van der Waals surface area contributed by atoms with Crippen LogP contribution in [0.15, 0.2) is 28.7 Å². The van der Waals surface area contributed by atoms with Crippen LogP contribution in [0.3, 0.4) is 0 Å². The number of hydrogen-bond donors (Lipinski definition) is 2. The number of aromatic nitrogens is 3. The smallest absolute Gasteiger partial charge is 0.274 e. The third kappa shape index (κ3) is 3.79. The van der Waals surface area contributed by atoms with Crippen molar-refractivity contribution < 1.29 is 4.79 Å². The molecule has 2 heterocycles. The molecule has 7 heteroatoms. The van der Waals surface area contributed by atoms with Gasteiger partial charge in [-0.25, -0.2) is 4.68 Å². The standard InChI is InChI=1S/C16H20BrN5O/c1-11-15(20-21-22(11)14-6-8-18-9-7-14)16(23)19-10-12-2-4-13(17)5-3-12/h2-5,14,18H,6-10H2,1H3,(H,19,23). The summed E-state index contributed by atoms with van der Waals surface area (Å²) in [6.45, 7) is 4.35. The lowest BCUT2D eigenvalue weighted by Crippen LogP contribution is -2.30. The van der Waals surface area contributed by atoms with Gasteiger partial charge in [-0.05, 0) is 50.6 Å². The summed E-state index contributed by atoms with van der Waals surface area (Å²) in [7, 11) is 0. The maximum atomic E-state index is 12.4. The summed E-state index contributed by atoms with van der Waals surface area (Å²) >= 11 is 3.40. The molecule has 0 saturated carbocycles. The molecular weight excluding hydrogens is 358 g/mol. The predicted molar refractivity (Wildman–Crippen MR) is 91.2 cm³/mol. The van der Waals surface area contributed by atoms with E-state index in [9.17, 15) is 4.79 Å². The Hall–Kier alpha value is -1.73. The van der Waals surface area contributed by atoms with Gasteiger partial charge in [-0.3, -0.25) is 4.79 Å². The number of rotatable bonds is 4. The molecule has 0 unspecified atom stereocenters. The highest BCUT2D eigenvalue weighted by Gasteiger charge is 2.22. The SMILES string of the molecule is Cc1c(C(=O)NCc2ccc(Br)cc2)nnn1C1CCNCC1. The lowest BCUT2D eigenvalue weighted by Gasteiger charge is -2.23. The van der Waals surface area contributed by atoms with Gasteiger partial charge in [0.1, 0.15) is 0 Å². The van der Waals surface area contributed by atoms with Crippen molar-refractivity contribution in [3.63, 3.8) is 0 Å². The molecule has 2 aromatic rings. The van der Waals surface area contributed by atoms with Gasteiger partial charge in [0.2, 0.25) is 0 Å². The largest absolute Gasteiger partial charge is 0.347 e. The molecule has 6 nitrogen and oxygen atoms in total. The number of piperidine rings is 1. The minimum Gasteiger partial charge on any atom is -0.347 e. The molecule has 1 fully saturated rings.